The Morgan fingerprint density at radius 2 is 1.37 bits per heavy atom. The fourth-order valence-corrected chi connectivity index (χ4v) is 2.30. The summed E-state index contributed by atoms with van der Waals surface area (Å²) in [6.45, 7) is 0.257. The van der Waals surface area contributed by atoms with Crippen molar-refractivity contribution in [3.8, 4) is 28.5 Å². The van der Waals surface area contributed by atoms with Crippen molar-refractivity contribution in [2.45, 2.75) is 0 Å². The number of hydrogen-bond donors (Lipinski definition) is 2. The number of carbonyl (C=O) groups excluding carboxylic acids is 1. The minimum Gasteiger partial charge on any atom is -0.478 e. The maximum atomic E-state index is 11.5. The highest BCUT2D eigenvalue weighted by Gasteiger charge is 2.14. The Morgan fingerprint density at radius 3 is 1.96 bits per heavy atom. The Balaban J connectivity index is 2.15. The number of aromatic nitrogens is 3. The van der Waals surface area contributed by atoms with Crippen LogP contribution in [-0.2, 0) is 4.79 Å². The van der Waals surface area contributed by atoms with Crippen LogP contribution in [0.3, 0.4) is 0 Å². The summed E-state index contributed by atoms with van der Waals surface area (Å²) in [5, 5.41) is 18.5. The average Bonchev–Trinajstić information content (AvgIpc) is 2.68. The van der Waals surface area contributed by atoms with E-state index < -0.39 is 11.9 Å². The standard InChI is InChI=1S/C18H11N3O6/c22-9-27-12-2-4-20-14(8-12)16-7-11(18(25)26)6-15(21-16)13-5-10(17(23)24)1-3-19-13/h1-9H,(H,23,24)(H,25,26). The van der Waals surface area contributed by atoms with Crippen LogP contribution in [0.5, 0.6) is 5.75 Å². The topological polar surface area (TPSA) is 140 Å². The van der Waals surface area contributed by atoms with Gasteiger partial charge in [-0.2, -0.15) is 0 Å². The lowest BCUT2D eigenvalue weighted by Crippen LogP contribution is -2.02. The fourth-order valence-electron chi connectivity index (χ4n) is 2.30. The van der Waals surface area contributed by atoms with E-state index in [2.05, 4.69) is 15.0 Å². The molecule has 27 heavy (non-hydrogen) atoms. The molecule has 9 heteroatoms. The second-order valence-electron chi connectivity index (χ2n) is 5.26. The molecule has 0 amide bonds. The summed E-state index contributed by atoms with van der Waals surface area (Å²) < 4.78 is 4.76. The predicted octanol–water partition coefficient (Wildman–Crippen LogP) is 2.14. The molecule has 3 heterocycles. The van der Waals surface area contributed by atoms with Crippen LogP contribution in [0.25, 0.3) is 22.8 Å². The highest BCUT2D eigenvalue weighted by atomic mass is 16.5. The molecule has 3 aromatic heterocycles. The van der Waals surface area contributed by atoms with E-state index in [4.69, 9.17) is 9.84 Å². The largest absolute Gasteiger partial charge is 0.478 e. The zero-order chi connectivity index (χ0) is 19.4. The smallest absolute Gasteiger partial charge is 0.335 e. The Morgan fingerprint density at radius 1 is 0.815 bits per heavy atom. The molecule has 2 N–H and O–H groups in total. The van der Waals surface area contributed by atoms with Crippen LogP contribution in [0, 0.1) is 0 Å². The van der Waals surface area contributed by atoms with Gasteiger partial charge in [-0.15, -0.1) is 0 Å². The van der Waals surface area contributed by atoms with Gasteiger partial charge >= 0.3 is 11.9 Å². The highest BCUT2D eigenvalue weighted by Crippen LogP contribution is 2.25. The second kappa shape index (κ2) is 7.40. The summed E-state index contributed by atoms with van der Waals surface area (Å²) >= 11 is 0. The molecule has 3 aromatic rings. The molecule has 0 aliphatic carbocycles. The van der Waals surface area contributed by atoms with Gasteiger partial charge in [0.15, 0.2) is 0 Å². The van der Waals surface area contributed by atoms with Crippen molar-refractivity contribution in [1.29, 1.82) is 0 Å². The lowest BCUT2D eigenvalue weighted by Gasteiger charge is -2.08. The van der Waals surface area contributed by atoms with E-state index in [-0.39, 0.29) is 46.1 Å². The number of ether oxygens (including phenoxy) is 1. The van der Waals surface area contributed by atoms with E-state index in [0.29, 0.717) is 0 Å². The SMILES string of the molecule is O=COc1ccnc(-c2cc(C(=O)O)cc(-c3cc(C(=O)O)ccn3)n2)c1. The van der Waals surface area contributed by atoms with Crippen LogP contribution in [0.2, 0.25) is 0 Å². The second-order valence-corrected chi connectivity index (χ2v) is 5.26. The number of carboxylic acids is 2. The molecule has 0 aromatic carbocycles. The monoisotopic (exact) mass is 365 g/mol. The molecule has 3 rings (SSSR count). The van der Waals surface area contributed by atoms with Crippen LogP contribution < -0.4 is 4.74 Å². The van der Waals surface area contributed by atoms with Gasteiger partial charge in [0.25, 0.3) is 6.47 Å². The first-order valence-corrected chi connectivity index (χ1v) is 7.50. The predicted molar refractivity (Wildman–Crippen MR) is 91.3 cm³/mol. The Labute approximate surface area is 151 Å². The third kappa shape index (κ3) is 3.93. The number of rotatable bonds is 6. The number of nitrogens with zero attached hydrogens (tertiary/aromatic N) is 3. The summed E-state index contributed by atoms with van der Waals surface area (Å²) in [7, 11) is 0. The van der Waals surface area contributed by atoms with Crippen LogP contribution in [0.4, 0.5) is 0 Å². The van der Waals surface area contributed by atoms with Gasteiger partial charge in [-0.25, -0.2) is 14.6 Å². The van der Waals surface area contributed by atoms with E-state index in [1.807, 2.05) is 0 Å². The van der Waals surface area contributed by atoms with Gasteiger partial charge in [-0.05, 0) is 30.3 Å². The minimum atomic E-state index is -1.20. The van der Waals surface area contributed by atoms with Gasteiger partial charge in [0, 0.05) is 18.5 Å². The van der Waals surface area contributed by atoms with Crippen molar-refractivity contribution in [3.63, 3.8) is 0 Å². The zero-order valence-corrected chi connectivity index (χ0v) is 13.6. The van der Waals surface area contributed by atoms with E-state index in [1.54, 1.807) is 0 Å². The van der Waals surface area contributed by atoms with E-state index in [0.717, 1.165) is 0 Å². The maximum absolute atomic E-state index is 11.5. The number of pyridine rings is 3. The summed E-state index contributed by atoms with van der Waals surface area (Å²) in [6.07, 6.45) is 2.68. The Kier molecular flexibility index (Phi) is 4.84. The lowest BCUT2D eigenvalue weighted by atomic mass is 10.1. The molecule has 0 fully saturated rings. The zero-order valence-electron chi connectivity index (χ0n) is 13.6. The number of hydrogen-bond acceptors (Lipinski definition) is 7. The Bertz CT molecular complexity index is 1050. The van der Waals surface area contributed by atoms with Crippen LogP contribution in [-0.4, -0.2) is 43.6 Å². The van der Waals surface area contributed by atoms with Crippen molar-refractivity contribution in [2.75, 3.05) is 0 Å². The quantitative estimate of drug-likeness (QED) is 0.629. The van der Waals surface area contributed by atoms with Gasteiger partial charge in [0.1, 0.15) is 5.75 Å². The fraction of sp³-hybridized carbons (Fsp3) is 0. The maximum Gasteiger partial charge on any atom is 0.335 e. The molecule has 134 valence electrons. The molecular weight excluding hydrogens is 354 g/mol. The molecule has 0 atom stereocenters. The van der Waals surface area contributed by atoms with Crippen molar-refractivity contribution in [1.82, 2.24) is 15.0 Å². The third-order valence-corrected chi connectivity index (χ3v) is 3.52. The van der Waals surface area contributed by atoms with Crippen molar-refractivity contribution in [3.05, 3.63) is 59.9 Å². The van der Waals surface area contributed by atoms with Crippen molar-refractivity contribution >= 4 is 18.4 Å². The molecule has 0 bridgehead atoms. The van der Waals surface area contributed by atoms with Crippen LogP contribution in [0.15, 0.2) is 48.8 Å². The highest BCUT2D eigenvalue weighted by molar-refractivity contribution is 5.91. The summed E-state index contributed by atoms with van der Waals surface area (Å²) in [5.74, 6) is -2.13. The molecule has 9 nitrogen and oxygen atoms in total. The lowest BCUT2D eigenvalue weighted by molar-refractivity contribution is -0.120. The van der Waals surface area contributed by atoms with Crippen LogP contribution in [0.1, 0.15) is 20.7 Å². The van der Waals surface area contributed by atoms with E-state index >= 15 is 0 Å². The molecule has 0 radical (unpaired) electrons. The molecular formula is C18H11N3O6. The molecule has 0 spiro atoms. The molecule has 0 aliphatic rings. The number of carboxylic acid groups (broad SMARTS) is 2. The summed E-state index contributed by atoms with van der Waals surface area (Å²) in [6, 6.07) is 8.07. The molecule has 0 unspecified atom stereocenters. The third-order valence-electron chi connectivity index (χ3n) is 3.52. The number of carbonyl (C=O) groups is 3. The van der Waals surface area contributed by atoms with Crippen LogP contribution >= 0.6 is 0 Å². The number of aromatic carboxylic acids is 2. The van der Waals surface area contributed by atoms with Gasteiger partial charge < -0.3 is 14.9 Å². The normalized spacial score (nSPS) is 10.2. The first-order valence-electron chi connectivity index (χ1n) is 7.50. The molecule has 0 aliphatic heterocycles. The minimum absolute atomic E-state index is 0.0106. The van der Waals surface area contributed by atoms with Gasteiger partial charge in [0.05, 0.1) is 33.9 Å². The van der Waals surface area contributed by atoms with Crippen molar-refractivity contribution < 1.29 is 29.3 Å². The van der Waals surface area contributed by atoms with E-state index in [1.165, 1.54) is 48.8 Å². The van der Waals surface area contributed by atoms with Gasteiger partial charge in [0.2, 0.25) is 0 Å². The first kappa shape index (κ1) is 17.7. The summed E-state index contributed by atoms with van der Waals surface area (Å²) in [5.41, 5.74) is 0.734. The van der Waals surface area contributed by atoms with Crippen molar-refractivity contribution in [2.24, 2.45) is 0 Å². The van der Waals surface area contributed by atoms with Gasteiger partial charge in [-0.1, -0.05) is 0 Å². The Hall–Kier alpha value is -4.14. The van der Waals surface area contributed by atoms with E-state index in [9.17, 15) is 19.5 Å². The van der Waals surface area contributed by atoms with Gasteiger partial charge in [-0.3, -0.25) is 14.8 Å². The molecule has 0 saturated heterocycles. The first-order chi connectivity index (χ1) is 13.0. The average molecular weight is 365 g/mol. The summed E-state index contributed by atoms with van der Waals surface area (Å²) in [4.78, 5) is 45.6. The molecule has 0 saturated carbocycles.